The quantitative estimate of drug-likeness (QED) is 0.541. The Morgan fingerprint density at radius 3 is 2.62 bits per heavy atom. The Labute approximate surface area is 91.3 Å². The van der Waals surface area contributed by atoms with Gasteiger partial charge in [-0.15, -0.1) is 0 Å². The highest BCUT2D eigenvalue weighted by Gasteiger charge is 2.33. The predicted octanol–water partition coefficient (Wildman–Crippen LogP) is 0.768. The first-order valence-corrected chi connectivity index (χ1v) is 4.76. The molecule has 5 heteroatoms. The summed E-state index contributed by atoms with van der Waals surface area (Å²) in [7, 11) is 0. The van der Waals surface area contributed by atoms with Gasteiger partial charge in [-0.3, -0.25) is 4.79 Å². The molecule has 84 valence electrons. The Hall–Kier alpha value is -2.04. The van der Waals surface area contributed by atoms with Crippen molar-refractivity contribution >= 4 is 11.8 Å². The van der Waals surface area contributed by atoms with Gasteiger partial charge in [0, 0.05) is 12.0 Å². The molecule has 1 aromatic rings. The zero-order chi connectivity index (χ0) is 11.9. The van der Waals surface area contributed by atoms with Crippen molar-refractivity contribution in [2.24, 2.45) is 0 Å². The van der Waals surface area contributed by atoms with Crippen LogP contribution in [0.5, 0.6) is 11.5 Å². The summed E-state index contributed by atoms with van der Waals surface area (Å²) < 4.78 is 4.85. The van der Waals surface area contributed by atoms with Gasteiger partial charge in [-0.25, -0.2) is 4.79 Å². The lowest BCUT2D eigenvalue weighted by atomic mass is 9.95. The van der Waals surface area contributed by atoms with Crippen LogP contribution in [0.4, 0.5) is 0 Å². The molecular formula is C11H10O5. The first kappa shape index (κ1) is 10.5. The molecule has 2 rings (SSSR count). The van der Waals surface area contributed by atoms with Crippen LogP contribution in [0.2, 0.25) is 0 Å². The summed E-state index contributed by atoms with van der Waals surface area (Å²) in [5.74, 6) is -1.44. The van der Waals surface area contributed by atoms with Gasteiger partial charge in [0.05, 0.1) is 0 Å². The van der Waals surface area contributed by atoms with Gasteiger partial charge in [0.1, 0.15) is 17.1 Å². The molecule has 0 amide bonds. The molecular weight excluding hydrogens is 212 g/mol. The topological polar surface area (TPSA) is 83.8 Å². The van der Waals surface area contributed by atoms with E-state index in [2.05, 4.69) is 0 Å². The number of hydrogen-bond acceptors (Lipinski definition) is 5. The average Bonchev–Trinajstić information content (AvgIpc) is 2.22. The third-order valence-electron chi connectivity index (χ3n) is 2.56. The number of carbonyl (C=O) groups is 2. The lowest BCUT2D eigenvalue weighted by molar-refractivity contribution is -0.125. The summed E-state index contributed by atoms with van der Waals surface area (Å²) in [6.07, 6.45) is -0.788. The van der Waals surface area contributed by atoms with E-state index in [1.165, 1.54) is 19.1 Å². The highest BCUT2D eigenvalue weighted by Crippen LogP contribution is 2.34. The standard InChI is InChI=1S/C11H10O5/c1-5(12)9-4-6-7(13)2-3-8(14)10(6)11(15)16-9/h2-3,9,13-14H,4H2,1H3. The fraction of sp³-hybridized carbons (Fsp3) is 0.273. The fourth-order valence-electron chi connectivity index (χ4n) is 1.70. The van der Waals surface area contributed by atoms with E-state index < -0.39 is 12.1 Å². The second-order valence-electron chi connectivity index (χ2n) is 3.67. The number of Topliss-reactive ketones (excluding diaryl/α,β-unsaturated/α-hetero) is 1. The summed E-state index contributed by atoms with van der Waals surface area (Å²) in [6, 6.07) is 2.49. The second kappa shape index (κ2) is 3.52. The van der Waals surface area contributed by atoms with Crippen molar-refractivity contribution in [3.8, 4) is 11.5 Å². The minimum atomic E-state index is -0.882. The van der Waals surface area contributed by atoms with Crippen LogP contribution in [0.25, 0.3) is 0 Å². The van der Waals surface area contributed by atoms with E-state index in [-0.39, 0.29) is 34.8 Å². The van der Waals surface area contributed by atoms with Gasteiger partial charge in [0.15, 0.2) is 11.9 Å². The van der Waals surface area contributed by atoms with Crippen LogP contribution >= 0.6 is 0 Å². The molecule has 0 saturated heterocycles. The number of carbonyl (C=O) groups excluding carboxylic acids is 2. The molecule has 0 fully saturated rings. The molecule has 16 heavy (non-hydrogen) atoms. The van der Waals surface area contributed by atoms with Crippen LogP contribution < -0.4 is 0 Å². The number of phenols is 2. The lowest BCUT2D eigenvalue weighted by Crippen LogP contribution is -2.32. The maximum Gasteiger partial charge on any atom is 0.343 e. The van der Waals surface area contributed by atoms with Crippen molar-refractivity contribution in [1.82, 2.24) is 0 Å². The maximum absolute atomic E-state index is 11.5. The molecule has 0 aromatic heterocycles. The van der Waals surface area contributed by atoms with Crippen LogP contribution in [-0.4, -0.2) is 28.1 Å². The van der Waals surface area contributed by atoms with Crippen molar-refractivity contribution < 1.29 is 24.5 Å². The number of fused-ring (bicyclic) bond motifs is 1. The van der Waals surface area contributed by atoms with Gasteiger partial charge >= 0.3 is 5.97 Å². The molecule has 2 N–H and O–H groups in total. The number of esters is 1. The predicted molar refractivity (Wildman–Crippen MR) is 53.4 cm³/mol. The fourth-order valence-corrected chi connectivity index (χ4v) is 1.70. The van der Waals surface area contributed by atoms with E-state index in [9.17, 15) is 19.8 Å². The molecule has 0 saturated carbocycles. The van der Waals surface area contributed by atoms with Gasteiger partial charge in [0.25, 0.3) is 0 Å². The molecule has 0 spiro atoms. The summed E-state index contributed by atoms with van der Waals surface area (Å²) >= 11 is 0. The number of benzene rings is 1. The van der Waals surface area contributed by atoms with Crippen molar-refractivity contribution in [2.45, 2.75) is 19.4 Å². The van der Waals surface area contributed by atoms with Gasteiger partial charge in [0.2, 0.25) is 0 Å². The molecule has 5 nitrogen and oxygen atoms in total. The Bertz CT molecular complexity index is 478. The first-order valence-electron chi connectivity index (χ1n) is 4.76. The largest absolute Gasteiger partial charge is 0.508 e. The minimum absolute atomic E-state index is 0.0579. The molecule has 0 bridgehead atoms. The Kier molecular flexibility index (Phi) is 2.30. The van der Waals surface area contributed by atoms with E-state index in [4.69, 9.17) is 4.74 Å². The zero-order valence-corrected chi connectivity index (χ0v) is 8.56. The SMILES string of the molecule is CC(=O)C1Cc2c(O)ccc(O)c2C(=O)O1. The van der Waals surface area contributed by atoms with Crippen molar-refractivity contribution in [2.75, 3.05) is 0 Å². The monoisotopic (exact) mass is 222 g/mol. The Morgan fingerprint density at radius 1 is 1.38 bits per heavy atom. The number of aromatic hydroxyl groups is 2. The molecule has 1 unspecified atom stereocenters. The van der Waals surface area contributed by atoms with E-state index in [0.29, 0.717) is 0 Å². The molecule has 0 aliphatic carbocycles. The second-order valence-corrected chi connectivity index (χ2v) is 3.67. The summed E-state index contributed by atoms with van der Waals surface area (Å²) in [5, 5.41) is 19.0. The Morgan fingerprint density at radius 2 is 2.00 bits per heavy atom. The molecule has 1 aliphatic heterocycles. The first-order chi connectivity index (χ1) is 7.50. The molecule has 1 aromatic carbocycles. The van der Waals surface area contributed by atoms with E-state index in [1.807, 2.05) is 0 Å². The van der Waals surface area contributed by atoms with Gasteiger partial charge < -0.3 is 14.9 Å². The third kappa shape index (κ3) is 1.50. The van der Waals surface area contributed by atoms with Crippen molar-refractivity contribution in [3.05, 3.63) is 23.3 Å². The van der Waals surface area contributed by atoms with E-state index in [1.54, 1.807) is 0 Å². The zero-order valence-electron chi connectivity index (χ0n) is 8.56. The number of rotatable bonds is 1. The van der Waals surface area contributed by atoms with Crippen LogP contribution in [-0.2, 0) is 16.0 Å². The van der Waals surface area contributed by atoms with E-state index in [0.717, 1.165) is 0 Å². The van der Waals surface area contributed by atoms with Crippen molar-refractivity contribution in [1.29, 1.82) is 0 Å². The number of phenolic OH excluding ortho intramolecular Hbond substituents is 2. The summed E-state index contributed by atoms with van der Waals surface area (Å²) in [5.41, 5.74) is 0.203. The summed E-state index contributed by atoms with van der Waals surface area (Å²) in [4.78, 5) is 22.7. The third-order valence-corrected chi connectivity index (χ3v) is 2.56. The minimum Gasteiger partial charge on any atom is -0.508 e. The highest BCUT2D eigenvalue weighted by molar-refractivity contribution is 5.98. The Balaban J connectivity index is 2.54. The molecule has 1 aliphatic rings. The number of hydrogen-bond donors (Lipinski definition) is 2. The maximum atomic E-state index is 11.5. The lowest BCUT2D eigenvalue weighted by Gasteiger charge is -2.23. The average molecular weight is 222 g/mol. The molecule has 1 heterocycles. The smallest absolute Gasteiger partial charge is 0.343 e. The van der Waals surface area contributed by atoms with Gasteiger partial charge in [-0.05, 0) is 19.1 Å². The highest BCUT2D eigenvalue weighted by atomic mass is 16.5. The molecule has 0 radical (unpaired) electrons. The number of cyclic esters (lactones) is 1. The number of ketones is 1. The van der Waals surface area contributed by atoms with Crippen LogP contribution in [0.1, 0.15) is 22.8 Å². The van der Waals surface area contributed by atoms with E-state index >= 15 is 0 Å². The normalized spacial score (nSPS) is 18.8. The number of ether oxygens (including phenoxy) is 1. The van der Waals surface area contributed by atoms with Crippen LogP contribution in [0.15, 0.2) is 12.1 Å². The van der Waals surface area contributed by atoms with Crippen molar-refractivity contribution in [3.63, 3.8) is 0 Å². The van der Waals surface area contributed by atoms with Crippen LogP contribution in [0, 0.1) is 0 Å². The molecule has 1 atom stereocenters. The summed E-state index contributed by atoms with van der Waals surface area (Å²) in [6.45, 7) is 1.31. The van der Waals surface area contributed by atoms with Gasteiger partial charge in [-0.1, -0.05) is 0 Å². The van der Waals surface area contributed by atoms with Crippen LogP contribution in [0.3, 0.4) is 0 Å². The van der Waals surface area contributed by atoms with Gasteiger partial charge in [-0.2, -0.15) is 0 Å².